The number of hydrogen-bond acceptors (Lipinski definition) is 4. The van der Waals surface area contributed by atoms with Crippen molar-refractivity contribution in [2.24, 2.45) is 17.8 Å². The molecule has 2 bridgehead atoms. The predicted molar refractivity (Wildman–Crippen MR) is 86.3 cm³/mol. The van der Waals surface area contributed by atoms with Gasteiger partial charge in [-0.3, -0.25) is 4.79 Å². The molecule has 2 aliphatic carbocycles. The molecule has 22 heavy (non-hydrogen) atoms. The van der Waals surface area contributed by atoms with Crippen molar-refractivity contribution < 1.29 is 19.1 Å². The minimum absolute atomic E-state index is 0.0430. The Kier molecular flexibility index (Phi) is 3.51. The van der Waals surface area contributed by atoms with Crippen molar-refractivity contribution in [3.63, 3.8) is 0 Å². The van der Waals surface area contributed by atoms with E-state index in [1.807, 2.05) is 30.3 Å². The van der Waals surface area contributed by atoms with Gasteiger partial charge in [-0.25, -0.2) is 4.79 Å². The molecule has 5 nitrogen and oxygen atoms in total. The van der Waals surface area contributed by atoms with Crippen molar-refractivity contribution >= 4 is 34.7 Å². The van der Waals surface area contributed by atoms with Crippen LogP contribution in [0.4, 0.5) is 4.79 Å². The van der Waals surface area contributed by atoms with Gasteiger partial charge in [0.2, 0.25) is 0 Å². The number of alkyl carbamates (subject to hydrolysis) is 1. The Balaban J connectivity index is 1.39. The molecule has 1 heterocycles. The van der Waals surface area contributed by atoms with E-state index in [1.165, 1.54) is 0 Å². The van der Waals surface area contributed by atoms with E-state index in [-0.39, 0.29) is 40.5 Å². The molecule has 0 radical (unpaired) electrons. The third-order valence-corrected chi connectivity index (χ3v) is 6.65. The van der Waals surface area contributed by atoms with E-state index in [0.29, 0.717) is 5.92 Å². The number of halogens is 1. The third-order valence-electron chi connectivity index (χ3n) is 5.02. The molecule has 116 valence electrons. The van der Waals surface area contributed by atoms with Crippen LogP contribution in [0.1, 0.15) is 12.0 Å². The van der Waals surface area contributed by atoms with Crippen LogP contribution in [-0.4, -0.2) is 28.1 Å². The highest BCUT2D eigenvalue weighted by Gasteiger charge is 2.66. The molecule has 6 heteroatoms. The Hall–Kier alpha value is -1.31. The van der Waals surface area contributed by atoms with E-state index in [4.69, 9.17) is 9.47 Å². The average molecular weight is 413 g/mol. The average Bonchev–Trinajstić information content (AvgIpc) is 3.11. The number of esters is 1. The van der Waals surface area contributed by atoms with Crippen LogP contribution in [0.2, 0.25) is 0 Å². The number of ether oxygens (including phenoxy) is 2. The van der Waals surface area contributed by atoms with Gasteiger partial charge in [-0.2, -0.15) is 0 Å². The number of carbonyl (C=O) groups is 2. The smallest absolute Gasteiger partial charge is 0.407 e. The second kappa shape index (κ2) is 5.40. The first-order chi connectivity index (χ1) is 10.6. The number of alkyl halides is 1. The number of amides is 1. The van der Waals surface area contributed by atoms with Crippen molar-refractivity contribution in [3.05, 3.63) is 35.9 Å². The van der Waals surface area contributed by atoms with E-state index in [0.717, 1.165) is 12.0 Å². The van der Waals surface area contributed by atoms with Crippen LogP contribution in [0.5, 0.6) is 0 Å². The van der Waals surface area contributed by atoms with Crippen LogP contribution in [-0.2, 0) is 20.9 Å². The Morgan fingerprint density at radius 1 is 1.32 bits per heavy atom. The largest absolute Gasteiger partial charge is 0.461 e. The summed E-state index contributed by atoms with van der Waals surface area (Å²) in [7, 11) is 0. The molecule has 3 fully saturated rings. The van der Waals surface area contributed by atoms with Crippen molar-refractivity contribution in [2.75, 3.05) is 0 Å². The molecule has 1 aromatic carbocycles. The van der Waals surface area contributed by atoms with Gasteiger partial charge in [0.15, 0.2) is 0 Å². The minimum atomic E-state index is -0.457. The summed E-state index contributed by atoms with van der Waals surface area (Å²) in [6.45, 7) is 0.235. The van der Waals surface area contributed by atoms with Gasteiger partial charge in [0.25, 0.3) is 0 Å². The van der Waals surface area contributed by atoms with Gasteiger partial charge >= 0.3 is 12.1 Å². The fraction of sp³-hybridized carbons (Fsp3) is 0.500. The van der Waals surface area contributed by atoms with Crippen LogP contribution >= 0.6 is 22.6 Å². The number of benzene rings is 1. The Bertz CT molecular complexity index is 607. The fourth-order valence-corrected chi connectivity index (χ4v) is 5.49. The Morgan fingerprint density at radius 2 is 2.09 bits per heavy atom. The maximum absolute atomic E-state index is 12.0. The van der Waals surface area contributed by atoms with Crippen LogP contribution in [0.25, 0.3) is 0 Å². The second-order valence-electron chi connectivity index (χ2n) is 6.17. The van der Waals surface area contributed by atoms with E-state index in [1.54, 1.807) is 0 Å². The standard InChI is InChI=1S/C16H16INO4/c17-12-10-6-9-11(15(19)22-14(9)12)13(10)18-16(20)21-7-8-4-2-1-3-5-8/h1-5,9-14H,6-7H2,(H,18,20)/t9-,10+,11-,12-,13-,14+/m1/s1. The van der Waals surface area contributed by atoms with E-state index >= 15 is 0 Å². The van der Waals surface area contributed by atoms with Crippen LogP contribution < -0.4 is 5.32 Å². The summed E-state index contributed by atoms with van der Waals surface area (Å²) < 4.78 is 11.0. The number of hydrogen-bond donors (Lipinski definition) is 1. The van der Waals surface area contributed by atoms with Crippen LogP contribution in [0.15, 0.2) is 30.3 Å². The lowest BCUT2D eigenvalue weighted by atomic mass is 9.85. The quantitative estimate of drug-likeness (QED) is 0.469. The summed E-state index contributed by atoms with van der Waals surface area (Å²) in [4.78, 5) is 24.0. The molecule has 1 N–H and O–H groups in total. The summed E-state index contributed by atoms with van der Waals surface area (Å²) in [5, 5.41) is 2.90. The first-order valence-electron chi connectivity index (χ1n) is 7.47. The third kappa shape index (κ3) is 2.19. The van der Waals surface area contributed by atoms with Crippen LogP contribution in [0, 0.1) is 17.8 Å². The Morgan fingerprint density at radius 3 is 2.86 bits per heavy atom. The van der Waals surface area contributed by atoms with Crippen LogP contribution in [0.3, 0.4) is 0 Å². The zero-order valence-corrected chi connectivity index (χ0v) is 13.9. The lowest BCUT2D eigenvalue weighted by Crippen LogP contribution is -2.48. The van der Waals surface area contributed by atoms with Gasteiger partial charge in [-0.05, 0) is 17.9 Å². The molecule has 6 atom stereocenters. The second-order valence-corrected chi connectivity index (χ2v) is 7.61. The molecule has 1 aliphatic heterocycles. The first-order valence-corrected chi connectivity index (χ1v) is 8.71. The maximum atomic E-state index is 12.0. The molecule has 1 saturated heterocycles. The monoisotopic (exact) mass is 413 g/mol. The predicted octanol–water partition coefficient (Wildman–Crippen LogP) is 2.28. The highest BCUT2D eigenvalue weighted by molar-refractivity contribution is 14.1. The Labute approximate surface area is 141 Å². The van der Waals surface area contributed by atoms with Gasteiger partial charge in [0, 0.05) is 12.0 Å². The highest BCUT2D eigenvalue weighted by Crippen LogP contribution is 2.56. The molecular weight excluding hydrogens is 397 g/mol. The number of nitrogens with one attached hydrogen (secondary N) is 1. The molecule has 0 unspecified atom stereocenters. The van der Waals surface area contributed by atoms with Crippen molar-refractivity contribution in [3.8, 4) is 0 Å². The van der Waals surface area contributed by atoms with E-state index < -0.39 is 6.09 Å². The molecule has 1 amide bonds. The highest BCUT2D eigenvalue weighted by atomic mass is 127. The summed E-state index contributed by atoms with van der Waals surface area (Å²) in [6.07, 6.45) is 0.543. The molecular formula is C16H16INO4. The van der Waals surface area contributed by atoms with E-state index in [9.17, 15) is 9.59 Å². The zero-order chi connectivity index (χ0) is 15.3. The lowest BCUT2D eigenvalue weighted by molar-refractivity contribution is -0.143. The lowest BCUT2D eigenvalue weighted by Gasteiger charge is -2.28. The fourth-order valence-electron chi connectivity index (χ4n) is 4.07. The van der Waals surface area contributed by atoms with Gasteiger partial charge in [0.05, 0.1) is 9.84 Å². The summed E-state index contributed by atoms with van der Waals surface area (Å²) >= 11 is 2.35. The molecule has 2 saturated carbocycles. The van der Waals surface area contributed by atoms with Crippen molar-refractivity contribution in [1.82, 2.24) is 5.32 Å². The van der Waals surface area contributed by atoms with Crippen molar-refractivity contribution in [2.45, 2.75) is 29.1 Å². The van der Waals surface area contributed by atoms with Gasteiger partial charge in [-0.1, -0.05) is 52.9 Å². The molecule has 0 spiro atoms. The summed E-state index contributed by atoms with van der Waals surface area (Å²) in [5.41, 5.74) is 0.942. The van der Waals surface area contributed by atoms with Gasteiger partial charge < -0.3 is 14.8 Å². The van der Waals surface area contributed by atoms with Gasteiger partial charge in [-0.15, -0.1) is 0 Å². The van der Waals surface area contributed by atoms with Gasteiger partial charge in [0.1, 0.15) is 12.7 Å². The number of carbonyl (C=O) groups excluding carboxylic acids is 2. The minimum Gasteiger partial charge on any atom is -0.461 e. The maximum Gasteiger partial charge on any atom is 0.407 e. The van der Waals surface area contributed by atoms with Crippen molar-refractivity contribution in [1.29, 1.82) is 0 Å². The molecule has 4 rings (SSSR count). The number of fused-ring (bicyclic) bond motifs is 1. The topological polar surface area (TPSA) is 64.6 Å². The zero-order valence-electron chi connectivity index (χ0n) is 11.8. The molecule has 1 aromatic rings. The molecule has 3 aliphatic rings. The summed E-state index contributed by atoms with van der Waals surface area (Å²) in [5.74, 6) is 0.213. The molecule has 0 aromatic heterocycles. The first kappa shape index (κ1) is 14.3. The van der Waals surface area contributed by atoms with E-state index in [2.05, 4.69) is 27.9 Å². The normalized spacial score (nSPS) is 38.0. The SMILES string of the molecule is O=C(N[C@@H]1[C@H]2C[C@H]3[C@H](OC(=O)[C@H]31)[C@@H]2I)OCc1ccccc1. The number of rotatable bonds is 3. The summed E-state index contributed by atoms with van der Waals surface area (Å²) in [6, 6.07) is 9.39.